The third-order valence-electron chi connectivity index (χ3n) is 5.10. The van der Waals surface area contributed by atoms with E-state index in [1.165, 1.54) is 38.4 Å². The summed E-state index contributed by atoms with van der Waals surface area (Å²) in [7, 11) is 0. The van der Waals surface area contributed by atoms with E-state index >= 15 is 0 Å². The van der Waals surface area contributed by atoms with E-state index < -0.39 is 0 Å². The molecule has 7 heteroatoms. The number of nitrogens with zero attached hydrogens (tertiary/aromatic N) is 3. The lowest BCUT2D eigenvalue weighted by atomic mass is 9.95. The van der Waals surface area contributed by atoms with Crippen LogP contribution in [0.2, 0.25) is 0 Å². The number of amides is 2. The molecule has 1 saturated carbocycles. The van der Waals surface area contributed by atoms with Gasteiger partial charge in [0.05, 0.1) is 11.7 Å². The molecule has 0 spiro atoms. The minimum absolute atomic E-state index is 0.0600. The van der Waals surface area contributed by atoms with Crippen molar-refractivity contribution in [3.63, 3.8) is 0 Å². The second-order valence-corrected chi connectivity index (χ2v) is 7.20. The van der Waals surface area contributed by atoms with Gasteiger partial charge in [0.2, 0.25) is 0 Å². The highest BCUT2D eigenvalue weighted by atomic mass is 16.2. The Kier molecular flexibility index (Phi) is 7.21. The van der Waals surface area contributed by atoms with Crippen LogP contribution in [0.4, 0.5) is 4.79 Å². The topological polar surface area (TPSA) is 83.9 Å². The van der Waals surface area contributed by atoms with Crippen LogP contribution in [0.3, 0.4) is 0 Å². The number of urea groups is 1. The molecule has 1 unspecified atom stereocenters. The molecule has 1 aliphatic rings. The molecule has 146 valence electrons. The standard InChI is InChI=1S/C20H30N6O/c1-16(17-8-10-19(11-9-17)26-15-21-14-24-26)25-20(27)23-13-5-12-22-18-6-3-2-4-7-18/h8-11,14-16,18,22H,2-7,12-13H2,1H3,(H2,23,25,27). The monoisotopic (exact) mass is 370 g/mol. The van der Waals surface area contributed by atoms with Gasteiger partial charge in [-0.1, -0.05) is 31.4 Å². The van der Waals surface area contributed by atoms with Crippen molar-refractivity contribution in [1.29, 1.82) is 0 Å². The van der Waals surface area contributed by atoms with Crippen LogP contribution in [-0.2, 0) is 0 Å². The Labute approximate surface area is 160 Å². The summed E-state index contributed by atoms with van der Waals surface area (Å²) in [6.45, 7) is 3.63. The van der Waals surface area contributed by atoms with Crippen LogP contribution in [0.25, 0.3) is 5.69 Å². The average molecular weight is 371 g/mol. The van der Waals surface area contributed by atoms with Gasteiger partial charge >= 0.3 is 6.03 Å². The maximum atomic E-state index is 12.1. The Bertz CT molecular complexity index is 679. The van der Waals surface area contributed by atoms with Crippen molar-refractivity contribution in [3.05, 3.63) is 42.5 Å². The van der Waals surface area contributed by atoms with Gasteiger partial charge in [0.1, 0.15) is 12.7 Å². The van der Waals surface area contributed by atoms with E-state index in [-0.39, 0.29) is 12.1 Å². The zero-order valence-corrected chi connectivity index (χ0v) is 16.0. The number of hydrogen-bond acceptors (Lipinski definition) is 4. The van der Waals surface area contributed by atoms with E-state index in [0.29, 0.717) is 12.6 Å². The number of nitrogens with one attached hydrogen (secondary N) is 3. The number of rotatable bonds is 8. The van der Waals surface area contributed by atoms with Gasteiger partial charge in [-0.2, -0.15) is 5.10 Å². The zero-order chi connectivity index (χ0) is 18.9. The fourth-order valence-electron chi connectivity index (χ4n) is 3.49. The summed E-state index contributed by atoms with van der Waals surface area (Å²) in [5, 5.41) is 13.6. The van der Waals surface area contributed by atoms with E-state index in [1.807, 2.05) is 31.2 Å². The molecule has 0 bridgehead atoms. The molecule has 2 amide bonds. The van der Waals surface area contributed by atoms with E-state index in [0.717, 1.165) is 24.2 Å². The van der Waals surface area contributed by atoms with Crippen LogP contribution in [0.5, 0.6) is 0 Å². The molecule has 1 aromatic carbocycles. The highest BCUT2D eigenvalue weighted by molar-refractivity contribution is 5.74. The summed E-state index contributed by atoms with van der Waals surface area (Å²) in [6, 6.07) is 8.42. The first kappa shape index (κ1) is 19.4. The molecule has 1 atom stereocenters. The van der Waals surface area contributed by atoms with E-state index in [1.54, 1.807) is 11.0 Å². The van der Waals surface area contributed by atoms with Crippen molar-refractivity contribution in [2.75, 3.05) is 13.1 Å². The van der Waals surface area contributed by atoms with Crippen LogP contribution in [0.15, 0.2) is 36.9 Å². The van der Waals surface area contributed by atoms with Gasteiger partial charge in [-0.05, 0) is 50.4 Å². The molecule has 27 heavy (non-hydrogen) atoms. The number of carbonyl (C=O) groups is 1. The predicted molar refractivity (Wildman–Crippen MR) is 106 cm³/mol. The molecule has 0 saturated heterocycles. The summed E-state index contributed by atoms with van der Waals surface area (Å²) in [4.78, 5) is 16.0. The first-order chi connectivity index (χ1) is 13.2. The van der Waals surface area contributed by atoms with Crippen molar-refractivity contribution in [2.45, 2.75) is 57.5 Å². The van der Waals surface area contributed by atoms with Gasteiger partial charge in [0, 0.05) is 12.6 Å². The Balaban J connectivity index is 1.33. The molecule has 0 radical (unpaired) electrons. The first-order valence-electron chi connectivity index (χ1n) is 9.95. The average Bonchev–Trinajstić information content (AvgIpc) is 3.23. The van der Waals surface area contributed by atoms with Crippen molar-refractivity contribution in [3.8, 4) is 5.69 Å². The van der Waals surface area contributed by atoms with Gasteiger partial charge < -0.3 is 16.0 Å². The number of hydrogen-bond donors (Lipinski definition) is 3. The zero-order valence-electron chi connectivity index (χ0n) is 16.0. The Morgan fingerprint density at radius 3 is 2.67 bits per heavy atom. The molecule has 3 rings (SSSR count). The summed E-state index contributed by atoms with van der Waals surface area (Å²) in [6.07, 6.45) is 10.8. The van der Waals surface area contributed by atoms with Gasteiger partial charge in [-0.3, -0.25) is 0 Å². The first-order valence-corrected chi connectivity index (χ1v) is 9.95. The Morgan fingerprint density at radius 1 is 1.19 bits per heavy atom. The van der Waals surface area contributed by atoms with Gasteiger partial charge in [0.25, 0.3) is 0 Å². The molecule has 0 aliphatic heterocycles. The Morgan fingerprint density at radius 2 is 1.96 bits per heavy atom. The fraction of sp³-hybridized carbons (Fsp3) is 0.550. The lowest BCUT2D eigenvalue weighted by molar-refractivity contribution is 0.237. The van der Waals surface area contributed by atoms with Crippen molar-refractivity contribution < 1.29 is 4.79 Å². The van der Waals surface area contributed by atoms with Gasteiger partial charge in [0.15, 0.2) is 0 Å². The molecule has 2 aromatic rings. The molecule has 1 heterocycles. The smallest absolute Gasteiger partial charge is 0.315 e. The predicted octanol–water partition coefficient (Wildman–Crippen LogP) is 2.94. The van der Waals surface area contributed by atoms with Crippen molar-refractivity contribution in [1.82, 2.24) is 30.7 Å². The second kappa shape index (κ2) is 10.1. The SMILES string of the molecule is CC(NC(=O)NCCCNC1CCCCC1)c1ccc(-n2cncn2)cc1. The summed E-state index contributed by atoms with van der Waals surface area (Å²) in [5.41, 5.74) is 1.99. The normalized spacial score (nSPS) is 16.0. The largest absolute Gasteiger partial charge is 0.338 e. The van der Waals surface area contributed by atoms with E-state index in [9.17, 15) is 4.79 Å². The number of aromatic nitrogens is 3. The third-order valence-corrected chi connectivity index (χ3v) is 5.10. The van der Waals surface area contributed by atoms with Crippen LogP contribution in [0.1, 0.15) is 57.1 Å². The summed E-state index contributed by atoms with van der Waals surface area (Å²) >= 11 is 0. The van der Waals surface area contributed by atoms with E-state index in [2.05, 4.69) is 26.0 Å². The maximum absolute atomic E-state index is 12.1. The lowest BCUT2D eigenvalue weighted by Crippen LogP contribution is -2.39. The van der Waals surface area contributed by atoms with Crippen LogP contribution in [-0.4, -0.2) is 39.9 Å². The van der Waals surface area contributed by atoms with E-state index in [4.69, 9.17) is 0 Å². The third kappa shape index (κ3) is 6.06. The van der Waals surface area contributed by atoms with Crippen LogP contribution in [0, 0.1) is 0 Å². The van der Waals surface area contributed by atoms with Crippen molar-refractivity contribution in [2.24, 2.45) is 0 Å². The molecule has 1 fully saturated rings. The minimum Gasteiger partial charge on any atom is -0.338 e. The van der Waals surface area contributed by atoms with Crippen molar-refractivity contribution >= 4 is 6.03 Å². The molecular weight excluding hydrogens is 340 g/mol. The number of carbonyl (C=O) groups excluding carboxylic acids is 1. The highest BCUT2D eigenvalue weighted by Crippen LogP contribution is 2.17. The second-order valence-electron chi connectivity index (χ2n) is 7.20. The molecule has 1 aromatic heterocycles. The quantitative estimate of drug-likeness (QED) is 0.624. The molecule has 7 nitrogen and oxygen atoms in total. The summed E-state index contributed by atoms with van der Waals surface area (Å²) in [5.74, 6) is 0. The fourth-order valence-corrected chi connectivity index (χ4v) is 3.49. The molecule has 1 aliphatic carbocycles. The summed E-state index contributed by atoms with van der Waals surface area (Å²) < 4.78 is 1.70. The highest BCUT2D eigenvalue weighted by Gasteiger charge is 2.12. The molecule has 3 N–H and O–H groups in total. The van der Waals surface area contributed by atoms with Crippen LogP contribution >= 0.6 is 0 Å². The lowest BCUT2D eigenvalue weighted by Gasteiger charge is -2.22. The van der Waals surface area contributed by atoms with Crippen LogP contribution < -0.4 is 16.0 Å². The maximum Gasteiger partial charge on any atom is 0.315 e. The van der Waals surface area contributed by atoms with Gasteiger partial charge in [-0.15, -0.1) is 0 Å². The minimum atomic E-state index is -0.125. The molecular formula is C20H30N6O. The van der Waals surface area contributed by atoms with Gasteiger partial charge in [-0.25, -0.2) is 14.5 Å². The number of benzene rings is 1. The Hall–Kier alpha value is -2.41.